The molecule has 80 valence electrons. The second kappa shape index (κ2) is 4.30. The van der Waals surface area contributed by atoms with Crippen molar-refractivity contribution in [3.8, 4) is 0 Å². The van der Waals surface area contributed by atoms with Crippen LogP contribution in [0.15, 0.2) is 0 Å². The number of aliphatic hydroxyl groups is 1. The number of likely N-dealkylation sites (tertiary alicyclic amines) is 1. The summed E-state index contributed by atoms with van der Waals surface area (Å²) < 4.78 is 0. The first-order valence-corrected chi connectivity index (χ1v) is 5.74. The summed E-state index contributed by atoms with van der Waals surface area (Å²) in [6, 6.07) is 0.114. The maximum absolute atomic E-state index is 12.0. The molecular weight excluding hydrogens is 178 g/mol. The predicted octanol–water partition coefficient (Wildman–Crippen LogP) is 1.16. The third kappa shape index (κ3) is 1.78. The zero-order valence-corrected chi connectivity index (χ0v) is 8.61. The molecule has 0 bridgehead atoms. The van der Waals surface area contributed by atoms with E-state index in [0.29, 0.717) is 5.91 Å². The van der Waals surface area contributed by atoms with Gasteiger partial charge in [0, 0.05) is 12.5 Å². The zero-order chi connectivity index (χ0) is 9.97. The van der Waals surface area contributed by atoms with E-state index in [1.165, 1.54) is 12.8 Å². The van der Waals surface area contributed by atoms with Gasteiger partial charge < -0.3 is 10.0 Å². The molecule has 1 saturated carbocycles. The van der Waals surface area contributed by atoms with Crippen LogP contribution in [0.5, 0.6) is 0 Å². The molecule has 1 aliphatic carbocycles. The summed E-state index contributed by atoms with van der Waals surface area (Å²) >= 11 is 0. The monoisotopic (exact) mass is 197 g/mol. The van der Waals surface area contributed by atoms with Crippen LogP contribution in [0.1, 0.15) is 38.5 Å². The fraction of sp³-hybridized carbons (Fsp3) is 0.909. The van der Waals surface area contributed by atoms with Crippen LogP contribution in [0.3, 0.4) is 0 Å². The van der Waals surface area contributed by atoms with Gasteiger partial charge in [0.25, 0.3) is 0 Å². The minimum absolute atomic E-state index is 0.114. The maximum atomic E-state index is 12.0. The highest BCUT2D eigenvalue weighted by molar-refractivity contribution is 5.79. The first-order chi connectivity index (χ1) is 6.83. The summed E-state index contributed by atoms with van der Waals surface area (Å²) in [5.74, 6) is 0.571. The molecular formula is C11H19NO2. The molecule has 2 aliphatic rings. The number of aliphatic hydroxyl groups excluding tert-OH is 1. The van der Waals surface area contributed by atoms with Crippen molar-refractivity contribution in [3.63, 3.8) is 0 Å². The summed E-state index contributed by atoms with van der Waals surface area (Å²) in [5.41, 5.74) is 0. The Labute approximate surface area is 85.1 Å². The van der Waals surface area contributed by atoms with E-state index >= 15 is 0 Å². The van der Waals surface area contributed by atoms with Crippen LogP contribution in [0.25, 0.3) is 0 Å². The molecule has 0 radical (unpaired) electrons. The summed E-state index contributed by atoms with van der Waals surface area (Å²) in [6.07, 6.45) is 6.57. The van der Waals surface area contributed by atoms with Gasteiger partial charge in [-0.15, -0.1) is 0 Å². The van der Waals surface area contributed by atoms with E-state index in [0.717, 1.165) is 32.2 Å². The van der Waals surface area contributed by atoms with Gasteiger partial charge in [0.2, 0.25) is 5.91 Å². The third-order valence-electron chi connectivity index (χ3n) is 3.58. The Balaban J connectivity index is 1.95. The molecule has 0 aromatic rings. The molecule has 1 atom stereocenters. The van der Waals surface area contributed by atoms with Crippen molar-refractivity contribution in [2.24, 2.45) is 5.92 Å². The predicted molar refractivity (Wildman–Crippen MR) is 53.8 cm³/mol. The number of rotatable bonds is 2. The summed E-state index contributed by atoms with van der Waals surface area (Å²) in [5, 5.41) is 9.13. The zero-order valence-electron chi connectivity index (χ0n) is 8.61. The van der Waals surface area contributed by atoms with Crippen LogP contribution in [0, 0.1) is 5.92 Å². The molecule has 1 N–H and O–H groups in total. The van der Waals surface area contributed by atoms with Gasteiger partial charge in [-0.05, 0) is 25.7 Å². The number of amides is 1. The first-order valence-electron chi connectivity index (χ1n) is 5.74. The standard InChI is InChI=1S/C11H19NO2/c13-8-10-6-3-7-12(10)11(14)9-4-1-2-5-9/h9-10,13H,1-8H2/t10-/m1/s1. The number of nitrogens with zero attached hydrogens (tertiary/aromatic N) is 1. The SMILES string of the molecule is O=C(C1CCCC1)N1CCC[C@@H]1CO. The highest BCUT2D eigenvalue weighted by Gasteiger charge is 2.33. The van der Waals surface area contributed by atoms with E-state index in [1.54, 1.807) is 0 Å². The minimum Gasteiger partial charge on any atom is -0.394 e. The Morgan fingerprint density at radius 3 is 2.57 bits per heavy atom. The van der Waals surface area contributed by atoms with Crippen molar-refractivity contribution in [1.82, 2.24) is 4.90 Å². The van der Waals surface area contributed by atoms with Gasteiger partial charge in [-0.25, -0.2) is 0 Å². The lowest BCUT2D eigenvalue weighted by atomic mass is 10.1. The molecule has 3 nitrogen and oxygen atoms in total. The highest BCUT2D eigenvalue weighted by Crippen LogP contribution is 2.29. The van der Waals surface area contributed by atoms with E-state index in [4.69, 9.17) is 5.11 Å². The summed E-state index contributed by atoms with van der Waals surface area (Å²) in [6.45, 7) is 0.999. The maximum Gasteiger partial charge on any atom is 0.226 e. The molecule has 0 aromatic carbocycles. The lowest BCUT2D eigenvalue weighted by molar-refractivity contribution is -0.136. The number of hydrogen-bond donors (Lipinski definition) is 1. The van der Waals surface area contributed by atoms with Crippen molar-refractivity contribution in [2.75, 3.05) is 13.2 Å². The molecule has 1 aliphatic heterocycles. The van der Waals surface area contributed by atoms with Crippen molar-refractivity contribution >= 4 is 5.91 Å². The van der Waals surface area contributed by atoms with Gasteiger partial charge in [0.05, 0.1) is 12.6 Å². The minimum atomic E-state index is 0.114. The lowest BCUT2D eigenvalue weighted by Gasteiger charge is -2.25. The second-order valence-electron chi connectivity index (χ2n) is 4.49. The van der Waals surface area contributed by atoms with E-state index < -0.39 is 0 Å². The van der Waals surface area contributed by atoms with Gasteiger partial charge in [0.15, 0.2) is 0 Å². The molecule has 0 aromatic heterocycles. The van der Waals surface area contributed by atoms with E-state index in [-0.39, 0.29) is 18.6 Å². The lowest BCUT2D eigenvalue weighted by Crippen LogP contribution is -2.40. The molecule has 3 heteroatoms. The van der Waals surface area contributed by atoms with Gasteiger partial charge in [-0.1, -0.05) is 12.8 Å². The topological polar surface area (TPSA) is 40.5 Å². The van der Waals surface area contributed by atoms with E-state index in [9.17, 15) is 4.79 Å². The molecule has 1 heterocycles. The van der Waals surface area contributed by atoms with Crippen LogP contribution in [0.4, 0.5) is 0 Å². The Hall–Kier alpha value is -0.570. The normalized spacial score (nSPS) is 28.6. The molecule has 14 heavy (non-hydrogen) atoms. The molecule has 2 fully saturated rings. The van der Waals surface area contributed by atoms with Crippen LogP contribution in [-0.2, 0) is 4.79 Å². The molecule has 0 spiro atoms. The Morgan fingerprint density at radius 2 is 1.93 bits per heavy atom. The van der Waals surface area contributed by atoms with Crippen molar-refractivity contribution < 1.29 is 9.90 Å². The molecule has 1 amide bonds. The van der Waals surface area contributed by atoms with Crippen LogP contribution in [0.2, 0.25) is 0 Å². The number of hydrogen-bond acceptors (Lipinski definition) is 2. The largest absolute Gasteiger partial charge is 0.394 e. The summed E-state index contributed by atoms with van der Waals surface area (Å²) in [4.78, 5) is 13.9. The van der Waals surface area contributed by atoms with Crippen LogP contribution in [-0.4, -0.2) is 35.1 Å². The van der Waals surface area contributed by atoms with Crippen molar-refractivity contribution in [1.29, 1.82) is 0 Å². The second-order valence-corrected chi connectivity index (χ2v) is 4.49. The van der Waals surface area contributed by atoms with Crippen LogP contribution >= 0.6 is 0 Å². The van der Waals surface area contributed by atoms with Gasteiger partial charge in [0.1, 0.15) is 0 Å². The molecule has 0 unspecified atom stereocenters. The highest BCUT2D eigenvalue weighted by atomic mass is 16.3. The fourth-order valence-electron chi connectivity index (χ4n) is 2.72. The first kappa shape index (κ1) is 9.97. The van der Waals surface area contributed by atoms with Gasteiger partial charge >= 0.3 is 0 Å². The van der Waals surface area contributed by atoms with Gasteiger partial charge in [-0.3, -0.25) is 4.79 Å². The van der Waals surface area contributed by atoms with Crippen LogP contribution < -0.4 is 0 Å². The van der Waals surface area contributed by atoms with E-state index in [2.05, 4.69) is 0 Å². The Bertz CT molecular complexity index is 211. The average Bonchev–Trinajstić information content (AvgIpc) is 2.87. The fourth-order valence-corrected chi connectivity index (χ4v) is 2.72. The number of carbonyl (C=O) groups is 1. The Morgan fingerprint density at radius 1 is 1.21 bits per heavy atom. The third-order valence-corrected chi connectivity index (χ3v) is 3.58. The van der Waals surface area contributed by atoms with Gasteiger partial charge in [-0.2, -0.15) is 0 Å². The average molecular weight is 197 g/mol. The quantitative estimate of drug-likeness (QED) is 0.721. The summed E-state index contributed by atoms with van der Waals surface area (Å²) in [7, 11) is 0. The molecule has 2 rings (SSSR count). The molecule has 1 saturated heterocycles. The Kier molecular flexibility index (Phi) is 3.06. The van der Waals surface area contributed by atoms with Crippen molar-refractivity contribution in [3.05, 3.63) is 0 Å². The van der Waals surface area contributed by atoms with Crippen molar-refractivity contribution in [2.45, 2.75) is 44.6 Å². The number of carbonyl (C=O) groups excluding carboxylic acids is 1. The van der Waals surface area contributed by atoms with E-state index in [1.807, 2.05) is 4.90 Å². The smallest absolute Gasteiger partial charge is 0.226 e.